The Morgan fingerprint density at radius 3 is 2.86 bits per heavy atom. The second kappa shape index (κ2) is 3.33. The van der Waals surface area contributed by atoms with Crippen LogP contribution in [-0.4, -0.2) is 21.0 Å². The number of carbonyl (C=O) groups is 1. The number of aromatic carboxylic acids is 1. The van der Waals surface area contributed by atoms with Crippen LogP contribution in [0.2, 0.25) is 0 Å². The van der Waals surface area contributed by atoms with Crippen molar-refractivity contribution in [3.63, 3.8) is 0 Å². The van der Waals surface area contributed by atoms with Crippen LogP contribution in [0.4, 0.5) is 0 Å². The third-order valence-corrected chi connectivity index (χ3v) is 1.86. The van der Waals surface area contributed by atoms with Gasteiger partial charge in [0.05, 0.1) is 5.69 Å². The standard InChI is InChI=1S/C10H8N2O2/c13-10(14)9-3-1-2-8(12-9)7-4-5-11-6-7/h1-6,11H,(H,13,14). The van der Waals surface area contributed by atoms with E-state index in [2.05, 4.69) is 9.97 Å². The van der Waals surface area contributed by atoms with E-state index in [1.54, 1.807) is 24.5 Å². The fourth-order valence-corrected chi connectivity index (χ4v) is 1.20. The number of hydrogen-bond donors (Lipinski definition) is 2. The number of nitrogens with zero attached hydrogens (tertiary/aromatic N) is 1. The monoisotopic (exact) mass is 188 g/mol. The first-order valence-corrected chi connectivity index (χ1v) is 4.11. The molecule has 0 spiro atoms. The Balaban J connectivity index is 2.46. The minimum absolute atomic E-state index is 0.0590. The van der Waals surface area contributed by atoms with Crippen LogP contribution in [0.3, 0.4) is 0 Å². The molecule has 0 saturated heterocycles. The van der Waals surface area contributed by atoms with Crippen molar-refractivity contribution in [2.24, 2.45) is 0 Å². The molecule has 2 heterocycles. The van der Waals surface area contributed by atoms with Crippen LogP contribution in [0, 0.1) is 0 Å². The maximum absolute atomic E-state index is 10.7. The molecule has 14 heavy (non-hydrogen) atoms. The molecule has 0 radical (unpaired) electrons. The number of carboxylic acid groups (broad SMARTS) is 1. The van der Waals surface area contributed by atoms with E-state index >= 15 is 0 Å². The molecule has 0 aliphatic heterocycles. The molecule has 0 fully saturated rings. The minimum Gasteiger partial charge on any atom is -0.477 e. The molecule has 0 aliphatic carbocycles. The van der Waals surface area contributed by atoms with Crippen molar-refractivity contribution in [2.75, 3.05) is 0 Å². The first kappa shape index (κ1) is 8.50. The van der Waals surface area contributed by atoms with Gasteiger partial charge in [0, 0.05) is 18.0 Å². The Hall–Kier alpha value is -2.10. The zero-order valence-electron chi connectivity index (χ0n) is 7.27. The van der Waals surface area contributed by atoms with Crippen LogP contribution in [-0.2, 0) is 0 Å². The normalized spacial score (nSPS) is 10.0. The van der Waals surface area contributed by atoms with E-state index in [1.165, 1.54) is 6.07 Å². The van der Waals surface area contributed by atoms with E-state index in [4.69, 9.17) is 5.11 Å². The summed E-state index contributed by atoms with van der Waals surface area (Å²) in [5.41, 5.74) is 1.60. The first-order chi connectivity index (χ1) is 6.77. The Kier molecular flexibility index (Phi) is 2.02. The molecular formula is C10H8N2O2. The second-order valence-corrected chi connectivity index (χ2v) is 2.81. The lowest BCUT2D eigenvalue weighted by atomic mass is 10.2. The lowest BCUT2D eigenvalue weighted by molar-refractivity contribution is 0.0690. The van der Waals surface area contributed by atoms with E-state index in [1.807, 2.05) is 6.07 Å². The number of aromatic nitrogens is 2. The van der Waals surface area contributed by atoms with Gasteiger partial charge in [0.15, 0.2) is 0 Å². The minimum atomic E-state index is -1.01. The van der Waals surface area contributed by atoms with Gasteiger partial charge in [-0.25, -0.2) is 9.78 Å². The molecule has 0 amide bonds. The van der Waals surface area contributed by atoms with Crippen LogP contribution in [0.1, 0.15) is 10.5 Å². The van der Waals surface area contributed by atoms with Crippen LogP contribution in [0.5, 0.6) is 0 Å². The van der Waals surface area contributed by atoms with Crippen LogP contribution in [0.15, 0.2) is 36.7 Å². The van der Waals surface area contributed by atoms with Crippen molar-refractivity contribution in [1.82, 2.24) is 9.97 Å². The average Bonchev–Trinajstić information content (AvgIpc) is 2.71. The molecule has 0 aromatic carbocycles. The predicted octanol–water partition coefficient (Wildman–Crippen LogP) is 1.77. The molecule has 2 rings (SSSR count). The van der Waals surface area contributed by atoms with Crippen molar-refractivity contribution >= 4 is 5.97 Å². The van der Waals surface area contributed by atoms with Gasteiger partial charge in [-0.1, -0.05) is 6.07 Å². The Labute approximate surface area is 80.2 Å². The topological polar surface area (TPSA) is 66.0 Å². The van der Waals surface area contributed by atoms with Gasteiger partial charge in [-0.15, -0.1) is 0 Å². The zero-order valence-corrected chi connectivity index (χ0v) is 7.27. The van der Waals surface area contributed by atoms with Gasteiger partial charge < -0.3 is 10.1 Å². The van der Waals surface area contributed by atoms with Crippen LogP contribution >= 0.6 is 0 Å². The quantitative estimate of drug-likeness (QED) is 0.754. The second-order valence-electron chi connectivity index (χ2n) is 2.81. The maximum Gasteiger partial charge on any atom is 0.354 e. The SMILES string of the molecule is O=C(O)c1cccc(-c2cc[nH]c2)n1. The largest absolute Gasteiger partial charge is 0.477 e. The highest BCUT2D eigenvalue weighted by molar-refractivity contribution is 5.86. The van der Waals surface area contributed by atoms with Gasteiger partial charge in [0.1, 0.15) is 5.69 Å². The highest BCUT2D eigenvalue weighted by Crippen LogP contribution is 2.15. The summed E-state index contributed by atoms with van der Waals surface area (Å²) in [4.78, 5) is 17.5. The Morgan fingerprint density at radius 1 is 1.36 bits per heavy atom. The molecule has 4 nitrogen and oxygen atoms in total. The van der Waals surface area contributed by atoms with Gasteiger partial charge in [-0.05, 0) is 18.2 Å². The van der Waals surface area contributed by atoms with Gasteiger partial charge in [-0.3, -0.25) is 0 Å². The zero-order chi connectivity index (χ0) is 9.97. The number of aromatic amines is 1. The van der Waals surface area contributed by atoms with Crippen molar-refractivity contribution in [3.8, 4) is 11.3 Å². The summed E-state index contributed by atoms with van der Waals surface area (Å²) in [6.45, 7) is 0. The van der Waals surface area contributed by atoms with Crippen molar-refractivity contribution in [2.45, 2.75) is 0 Å². The van der Waals surface area contributed by atoms with Crippen molar-refractivity contribution < 1.29 is 9.90 Å². The number of pyridine rings is 1. The highest BCUT2D eigenvalue weighted by atomic mass is 16.4. The molecule has 0 saturated carbocycles. The summed E-state index contributed by atoms with van der Waals surface area (Å²) in [6.07, 6.45) is 3.54. The van der Waals surface area contributed by atoms with E-state index in [-0.39, 0.29) is 5.69 Å². The number of hydrogen-bond acceptors (Lipinski definition) is 2. The number of rotatable bonds is 2. The predicted molar refractivity (Wildman–Crippen MR) is 51.0 cm³/mol. The third-order valence-electron chi connectivity index (χ3n) is 1.86. The molecule has 70 valence electrons. The summed E-state index contributed by atoms with van der Waals surface area (Å²) in [5.74, 6) is -1.01. The lowest BCUT2D eigenvalue weighted by Crippen LogP contribution is -2.00. The lowest BCUT2D eigenvalue weighted by Gasteiger charge is -1.97. The Bertz CT molecular complexity index is 449. The molecule has 0 atom stereocenters. The molecule has 2 aromatic rings. The molecular weight excluding hydrogens is 180 g/mol. The highest BCUT2D eigenvalue weighted by Gasteiger charge is 2.06. The maximum atomic E-state index is 10.7. The summed E-state index contributed by atoms with van der Waals surface area (Å²) in [5, 5.41) is 8.74. The van der Waals surface area contributed by atoms with E-state index in [9.17, 15) is 4.79 Å². The van der Waals surface area contributed by atoms with Crippen LogP contribution < -0.4 is 0 Å². The summed E-state index contributed by atoms with van der Waals surface area (Å²) in [7, 11) is 0. The van der Waals surface area contributed by atoms with E-state index in [0.29, 0.717) is 5.69 Å². The summed E-state index contributed by atoms with van der Waals surface area (Å²) < 4.78 is 0. The molecule has 4 heteroatoms. The van der Waals surface area contributed by atoms with E-state index < -0.39 is 5.97 Å². The van der Waals surface area contributed by atoms with Crippen molar-refractivity contribution in [3.05, 3.63) is 42.4 Å². The third kappa shape index (κ3) is 1.50. The molecule has 2 N–H and O–H groups in total. The first-order valence-electron chi connectivity index (χ1n) is 4.11. The van der Waals surface area contributed by atoms with Gasteiger partial charge >= 0.3 is 5.97 Å². The smallest absolute Gasteiger partial charge is 0.354 e. The van der Waals surface area contributed by atoms with Gasteiger partial charge in [0.25, 0.3) is 0 Å². The van der Waals surface area contributed by atoms with Crippen LogP contribution in [0.25, 0.3) is 11.3 Å². The summed E-state index contributed by atoms with van der Waals surface area (Å²) in [6, 6.07) is 6.76. The summed E-state index contributed by atoms with van der Waals surface area (Å²) >= 11 is 0. The van der Waals surface area contributed by atoms with Gasteiger partial charge in [0.2, 0.25) is 0 Å². The molecule has 0 aliphatic rings. The molecule has 2 aromatic heterocycles. The number of carboxylic acids is 1. The number of H-pyrrole nitrogens is 1. The molecule has 0 bridgehead atoms. The Morgan fingerprint density at radius 2 is 2.21 bits per heavy atom. The molecule has 0 unspecified atom stereocenters. The number of nitrogens with one attached hydrogen (secondary N) is 1. The fraction of sp³-hybridized carbons (Fsp3) is 0. The van der Waals surface area contributed by atoms with Gasteiger partial charge in [-0.2, -0.15) is 0 Å². The van der Waals surface area contributed by atoms with E-state index in [0.717, 1.165) is 5.56 Å². The average molecular weight is 188 g/mol. The fourth-order valence-electron chi connectivity index (χ4n) is 1.20. The van der Waals surface area contributed by atoms with Crippen molar-refractivity contribution in [1.29, 1.82) is 0 Å².